The summed E-state index contributed by atoms with van der Waals surface area (Å²) < 4.78 is 33.9. The van der Waals surface area contributed by atoms with Crippen molar-refractivity contribution >= 4 is 33.6 Å². The highest BCUT2D eigenvalue weighted by molar-refractivity contribution is 7.89. The average Bonchev–Trinajstić information content (AvgIpc) is 2.67. The van der Waals surface area contributed by atoms with Crippen LogP contribution in [0.3, 0.4) is 0 Å². The molecular formula is C21H27N3O3S2. The molecule has 0 fully saturated rings. The van der Waals surface area contributed by atoms with Gasteiger partial charge in [-0.25, -0.2) is 13.4 Å². The summed E-state index contributed by atoms with van der Waals surface area (Å²) in [5, 5.41) is 0. The smallest absolute Gasteiger partial charge is 0.243 e. The van der Waals surface area contributed by atoms with Gasteiger partial charge in [-0.1, -0.05) is 43.3 Å². The van der Waals surface area contributed by atoms with Crippen LogP contribution in [0.1, 0.15) is 30.9 Å². The molecule has 0 spiro atoms. The second kappa shape index (κ2) is 10.5. The van der Waals surface area contributed by atoms with Crippen molar-refractivity contribution in [2.45, 2.75) is 37.8 Å². The molecule has 0 amide bonds. The molecule has 0 aromatic heterocycles. The van der Waals surface area contributed by atoms with Crippen LogP contribution in [0.5, 0.6) is 5.75 Å². The first-order valence-electron chi connectivity index (χ1n) is 9.32. The zero-order chi connectivity index (χ0) is 21.4. The van der Waals surface area contributed by atoms with E-state index in [9.17, 15) is 8.42 Å². The quantitative estimate of drug-likeness (QED) is 0.282. The summed E-state index contributed by atoms with van der Waals surface area (Å²) in [6, 6.07) is 13.8. The van der Waals surface area contributed by atoms with E-state index in [2.05, 4.69) is 9.71 Å². The maximum absolute atomic E-state index is 12.7. The lowest BCUT2D eigenvalue weighted by Gasteiger charge is -2.20. The molecule has 156 valence electrons. The SMILES string of the molecule is CCCC(NS(=O)(=O)c1ccc(C)cc1)Oc1ccc(C(=S)N=CN(C)C)cc1. The maximum Gasteiger partial charge on any atom is 0.243 e. The predicted molar refractivity (Wildman–Crippen MR) is 121 cm³/mol. The summed E-state index contributed by atoms with van der Waals surface area (Å²) in [4.78, 5) is 6.69. The Bertz CT molecular complexity index is 938. The third-order valence-electron chi connectivity index (χ3n) is 3.95. The van der Waals surface area contributed by atoms with Gasteiger partial charge >= 0.3 is 0 Å². The standard InChI is InChI=1S/C21H27N3O3S2/c1-5-6-20(23-29(25,26)19-13-7-16(2)8-14-19)27-18-11-9-17(10-12-18)21(28)22-15-24(3)4/h7-15,20,23H,5-6H2,1-4H3. The zero-order valence-corrected chi connectivity index (χ0v) is 18.8. The lowest BCUT2D eigenvalue weighted by atomic mass is 10.2. The molecule has 6 nitrogen and oxygen atoms in total. The van der Waals surface area contributed by atoms with Crippen LogP contribution in [0.2, 0.25) is 0 Å². The van der Waals surface area contributed by atoms with Crippen molar-refractivity contribution in [1.82, 2.24) is 9.62 Å². The number of aliphatic imine (C=N–C) groups is 1. The Kier molecular flexibility index (Phi) is 8.31. The Balaban J connectivity index is 2.10. The summed E-state index contributed by atoms with van der Waals surface area (Å²) in [5.41, 5.74) is 1.79. The van der Waals surface area contributed by atoms with E-state index in [1.165, 1.54) is 0 Å². The van der Waals surface area contributed by atoms with Crippen molar-refractivity contribution in [3.05, 3.63) is 59.7 Å². The third kappa shape index (κ3) is 7.23. The van der Waals surface area contributed by atoms with Crippen molar-refractivity contribution in [2.75, 3.05) is 14.1 Å². The number of nitrogens with one attached hydrogen (secondary N) is 1. The number of rotatable bonds is 9. The highest BCUT2D eigenvalue weighted by Gasteiger charge is 2.21. The number of hydrogen-bond acceptors (Lipinski definition) is 4. The lowest BCUT2D eigenvalue weighted by molar-refractivity contribution is 0.179. The first kappa shape index (κ1) is 23.0. The van der Waals surface area contributed by atoms with Crippen LogP contribution in [-0.4, -0.2) is 45.0 Å². The summed E-state index contributed by atoms with van der Waals surface area (Å²) in [7, 11) is 0.0640. The summed E-state index contributed by atoms with van der Waals surface area (Å²) in [6.07, 6.45) is 2.28. The second-order valence-corrected chi connectivity index (χ2v) is 8.97. The van der Waals surface area contributed by atoms with Gasteiger partial charge in [-0.05, 0) is 49.7 Å². The number of thiocarbonyl (C=S) groups is 1. The second-order valence-electron chi connectivity index (χ2n) is 6.87. The van der Waals surface area contributed by atoms with Crippen LogP contribution in [0.4, 0.5) is 0 Å². The number of nitrogens with zero attached hydrogens (tertiary/aromatic N) is 2. The van der Waals surface area contributed by atoms with Gasteiger partial charge in [0.1, 0.15) is 10.7 Å². The van der Waals surface area contributed by atoms with E-state index in [4.69, 9.17) is 17.0 Å². The van der Waals surface area contributed by atoms with E-state index in [1.54, 1.807) is 47.6 Å². The highest BCUT2D eigenvalue weighted by Crippen LogP contribution is 2.18. The van der Waals surface area contributed by atoms with Gasteiger partial charge in [-0.2, -0.15) is 4.72 Å². The molecule has 0 bridgehead atoms. The molecule has 0 heterocycles. The van der Waals surface area contributed by atoms with Gasteiger partial charge in [0.15, 0.2) is 6.23 Å². The minimum absolute atomic E-state index is 0.215. The first-order valence-corrected chi connectivity index (χ1v) is 11.2. The molecule has 1 N–H and O–H groups in total. The Morgan fingerprint density at radius 3 is 2.34 bits per heavy atom. The van der Waals surface area contributed by atoms with Gasteiger partial charge < -0.3 is 9.64 Å². The van der Waals surface area contributed by atoms with Gasteiger partial charge in [-0.15, -0.1) is 0 Å². The molecule has 2 aromatic carbocycles. The van der Waals surface area contributed by atoms with Gasteiger partial charge in [-0.3, -0.25) is 0 Å². The molecule has 0 aliphatic rings. The lowest BCUT2D eigenvalue weighted by Crippen LogP contribution is -2.39. The summed E-state index contributed by atoms with van der Waals surface area (Å²) in [5.74, 6) is 0.554. The highest BCUT2D eigenvalue weighted by atomic mass is 32.2. The molecule has 0 saturated carbocycles. The Hall–Kier alpha value is -2.29. The molecule has 0 saturated heterocycles. The number of sulfonamides is 1. The van der Waals surface area contributed by atoms with Gasteiger partial charge in [0.2, 0.25) is 10.0 Å². The van der Waals surface area contributed by atoms with Crippen molar-refractivity contribution in [3.8, 4) is 5.75 Å². The Labute approximate surface area is 178 Å². The summed E-state index contributed by atoms with van der Waals surface area (Å²) in [6.45, 7) is 3.88. The van der Waals surface area contributed by atoms with Gasteiger partial charge in [0.25, 0.3) is 0 Å². The molecular weight excluding hydrogens is 406 g/mol. The summed E-state index contributed by atoms with van der Waals surface area (Å²) >= 11 is 5.29. The Morgan fingerprint density at radius 2 is 1.79 bits per heavy atom. The van der Waals surface area contributed by atoms with Gasteiger partial charge in [0.05, 0.1) is 11.2 Å². The monoisotopic (exact) mass is 433 g/mol. The molecule has 29 heavy (non-hydrogen) atoms. The molecule has 2 aromatic rings. The van der Waals surface area contributed by atoms with Crippen LogP contribution in [0, 0.1) is 6.92 Å². The minimum atomic E-state index is -3.68. The number of ether oxygens (including phenoxy) is 1. The largest absolute Gasteiger partial charge is 0.474 e. The topological polar surface area (TPSA) is 71.0 Å². The molecule has 1 unspecified atom stereocenters. The fourth-order valence-corrected chi connectivity index (χ4v) is 3.77. The fraction of sp³-hybridized carbons (Fsp3) is 0.333. The number of aryl methyl sites for hydroxylation is 1. The van der Waals surface area contributed by atoms with Crippen LogP contribution in [0.25, 0.3) is 0 Å². The number of benzene rings is 2. The fourth-order valence-electron chi connectivity index (χ4n) is 2.45. The van der Waals surface area contributed by atoms with Crippen LogP contribution in [0.15, 0.2) is 58.4 Å². The van der Waals surface area contributed by atoms with Crippen LogP contribution in [-0.2, 0) is 10.0 Å². The average molecular weight is 434 g/mol. The predicted octanol–water partition coefficient (Wildman–Crippen LogP) is 3.74. The van der Waals surface area contributed by atoms with Crippen molar-refractivity contribution in [1.29, 1.82) is 0 Å². The van der Waals surface area contributed by atoms with Crippen molar-refractivity contribution in [3.63, 3.8) is 0 Å². The zero-order valence-electron chi connectivity index (χ0n) is 17.1. The maximum atomic E-state index is 12.7. The third-order valence-corrected chi connectivity index (χ3v) is 5.76. The van der Waals surface area contributed by atoms with Gasteiger partial charge in [0, 0.05) is 19.7 Å². The van der Waals surface area contributed by atoms with Crippen LogP contribution >= 0.6 is 12.2 Å². The van der Waals surface area contributed by atoms with E-state index < -0.39 is 16.3 Å². The van der Waals surface area contributed by atoms with E-state index in [0.717, 1.165) is 17.5 Å². The van der Waals surface area contributed by atoms with E-state index >= 15 is 0 Å². The minimum Gasteiger partial charge on any atom is -0.474 e. The molecule has 2 rings (SSSR count). The van der Waals surface area contributed by atoms with E-state index in [-0.39, 0.29) is 4.90 Å². The number of hydrogen-bond donors (Lipinski definition) is 1. The molecule has 0 aliphatic heterocycles. The van der Waals surface area contributed by atoms with E-state index in [1.807, 2.05) is 40.1 Å². The van der Waals surface area contributed by atoms with Crippen molar-refractivity contribution < 1.29 is 13.2 Å². The van der Waals surface area contributed by atoms with Crippen molar-refractivity contribution in [2.24, 2.45) is 4.99 Å². The normalized spacial score (nSPS) is 12.7. The molecule has 0 radical (unpaired) electrons. The first-order chi connectivity index (χ1) is 13.7. The molecule has 1 atom stereocenters. The molecule has 8 heteroatoms. The van der Waals surface area contributed by atoms with Crippen LogP contribution < -0.4 is 9.46 Å². The van der Waals surface area contributed by atoms with E-state index in [0.29, 0.717) is 17.2 Å². The molecule has 0 aliphatic carbocycles. The Morgan fingerprint density at radius 1 is 1.17 bits per heavy atom.